The summed E-state index contributed by atoms with van der Waals surface area (Å²) in [6, 6.07) is 10.1. The number of amides is 3. The van der Waals surface area contributed by atoms with E-state index in [2.05, 4.69) is 0 Å². The van der Waals surface area contributed by atoms with Crippen molar-refractivity contribution in [3.8, 4) is 0 Å². The molecule has 1 atom stereocenters. The largest absolute Gasteiger partial charge is 0.370 e. The molecule has 4 N–H and O–H groups in total. The van der Waals surface area contributed by atoms with Crippen LogP contribution in [-0.2, 0) is 24.5 Å². The van der Waals surface area contributed by atoms with Crippen LogP contribution in [0.25, 0.3) is 0 Å². The first kappa shape index (κ1) is 22.7. The number of benzene rings is 2. The predicted molar refractivity (Wildman–Crippen MR) is 114 cm³/mol. The minimum atomic E-state index is -1.93. The quantitative estimate of drug-likeness (QED) is 0.705. The van der Waals surface area contributed by atoms with Gasteiger partial charge >= 0.3 is 0 Å². The number of carbonyl (C=O) groups is 3. The van der Waals surface area contributed by atoms with Gasteiger partial charge in [-0.1, -0.05) is 29.8 Å². The first-order valence-corrected chi connectivity index (χ1v) is 9.95. The zero-order valence-corrected chi connectivity index (χ0v) is 17.9. The van der Waals surface area contributed by atoms with Gasteiger partial charge < -0.3 is 21.1 Å². The predicted octanol–water partition coefficient (Wildman–Crippen LogP) is 2.13. The van der Waals surface area contributed by atoms with Gasteiger partial charge in [-0.3, -0.25) is 14.4 Å². The molecule has 9 heteroatoms. The minimum absolute atomic E-state index is 0.103. The summed E-state index contributed by atoms with van der Waals surface area (Å²) in [6.45, 7) is 3.36. The number of hydrogen-bond donors (Lipinski definition) is 2. The molecule has 2 aromatic carbocycles. The highest BCUT2D eigenvalue weighted by atomic mass is 35.5. The molecule has 1 aliphatic rings. The molecule has 3 rings (SSSR count). The van der Waals surface area contributed by atoms with Crippen molar-refractivity contribution in [2.45, 2.75) is 19.3 Å². The summed E-state index contributed by atoms with van der Waals surface area (Å²) in [7, 11) is 0. The summed E-state index contributed by atoms with van der Waals surface area (Å²) in [5.74, 6) is -2.91. The molecule has 31 heavy (non-hydrogen) atoms. The Morgan fingerprint density at radius 2 is 1.74 bits per heavy atom. The van der Waals surface area contributed by atoms with Crippen molar-refractivity contribution in [2.24, 2.45) is 16.9 Å². The van der Waals surface area contributed by atoms with Gasteiger partial charge in [0.25, 0.3) is 5.91 Å². The van der Waals surface area contributed by atoms with Crippen molar-refractivity contribution in [3.63, 3.8) is 0 Å². The second kappa shape index (κ2) is 8.28. The third-order valence-electron chi connectivity index (χ3n) is 5.85. The van der Waals surface area contributed by atoms with Crippen LogP contribution in [0.1, 0.15) is 25.0 Å². The molecule has 1 saturated heterocycles. The van der Waals surface area contributed by atoms with E-state index >= 15 is 4.39 Å². The van der Waals surface area contributed by atoms with Crippen LogP contribution in [0, 0.1) is 11.2 Å². The Kier molecular flexibility index (Phi) is 6.07. The lowest BCUT2D eigenvalue weighted by molar-refractivity contribution is -0.137. The van der Waals surface area contributed by atoms with Gasteiger partial charge in [0.2, 0.25) is 11.8 Å². The van der Waals surface area contributed by atoms with Crippen molar-refractivity contribution in [2.75, 3.05) is 24.7 Å². The van der Waals surface area contributed by atoms with E-state index in [0.717, 1.165) is 6.07 Å². The lowest BCUT2D eigenvalue weighted by Crippen LogP contribution is -2.58. The average Bonchev–Trinajstić information content (AvgIpc) is 2.70. The van der Waals surface area contributed by atoms with E-state index in [1.54, 1.807) is 0 Å². The van der Waals surface area contributed by atoms with Crippen molar-refractivity contribution >= 4 is 35.0 Å². The topological polar surface area (TPSA) is 116 Å². The Morgan fingerprint density at radius 1 is 1.10 bits per heavy atom. The first-order valence-electron chi connectivity index (χ1n) is 9.57. The second-order valence-electron chi connectivity index (χ2n) is 7.87. The fourth-order valence-corrected chi connectivity index (χ4v) is 4.21. The first-order chi connectivity index (χ1) is 14.5. The zero-order valence-electron chi connectivity index (χ0n) is 17.2. The van der Waals surface area contributed by atoms with E-state index < -0.39 is 28.5 Å². The lowest BCUT2D eigenvalue weighted by atomic mass is 9.57. The third kappa shape index (κ3) is 3.66. The summed E-state index contributed by atoms with van der Waals surface area (Å²) >= 11 is 5.99. The molecular weight excluding hydrogens is 425 g/mol. The molecule has 1 aliphatic heterocycles. The summed E-state index contributed by atoms with van der Waals surface area (Å²) in [6.07, 6.45) is 0. The fourth-order valence-electron chi connectivity index (χ4n) is 4.09. The molecule has 0 bridgehead atoms. The molecule has 0 aromatic heterocycles. The Labute approximate surface area is 184 Å². The molecule has 1 heterocycles. The van der Waals surface area contributed by atoms with Gasteiger partial charge in [-0.25, -0.2) is 4.39 Å². The molecule has 0 aliphatic carbocycles. The summed E-state index contributed by atoms with van der Waals surface area (Å²) in [5.41, 5.74) is 8.40. The van der Waals surface area contributed by atoms with Crippen LogP contribution in [0.5, 0.6) is 0 Å². The van der Waals surface area contributed by atoms with E-state index in [4.69, 9.17) is 27.8 Å². The summed E-state index contributed by atoms with van der Waals surface area (Å²) < 4.78 is 20.7. The van der Waals surface area contributed by atoms with E-state index in [1.807, 2.05) is 0 Å². The summed E-state index contributed by atoms with van der Waals surface area (Å²) in [5, 5.41) is 0.389. The van der Waals surface area contributed by atoms with Crippen LogP contribution in [0.3, 0.4) is 0 Å². The average molecular weight is 448 g/mol. The van der Waals surface area contributed by atoms with Gasteiger partial charge in [-0.2, -0.15) is 0 Å². The van der Waals surface area contributed by atoms with Crippen molar-refractivity contribution < 1.29 is 23.5 Å². The van der Waals surface area contributed by atoms with Gasteiger partial charge in [-0.05, 0) is 43.7 Å². The molecule has 0 radical (unpaired) electrons. The van der Waals surface area contributed by atoms with Crippen molar-refractivity contribution in [3.05, 3.63) is 64.4 Å². The van der Waals surface area contributed by atoms with Gasteiger partial charge in [0.15, 0.2) is 0 Å². The monoisotopic (exact) mass is 447 g/mol. The van der Waals surface area contributed by atoms with Crippen LogP contribution >= 0.6 is 11.6 Å². The number of ether oxygens (including phenoxy) is 1. The van der Waals surface area contributed by atoms with Gasteiger partial charge in [-0.15, -0.1) is 0 Å². The van der Waals surface area contributed by atoms with Gasteiger partial charge in [0.05, 0.1) is 12.0 Å². The van der Waals surface area contributed by atoms with E-state index in [-0.39, 0.29) is 30.2 Å². The Hall–Kier alpha value is -2.97. The molecule has 0 spiro atoms. The highest BCUT2D eigenvalue weighted by Gasteiger charge is 2.57. The number of nitrogens with two attached hydrogens (primary N) is 2. The standard InChI is InChI=1S/C22H23ClFN3O4/c1-21(2,19(25)29)22(20(26)30,13-3-5-14(23)6-4-13)16-8-7-15(11-17(16)24)27-9-10-31-12-18(27)28/h3-8,11H,9-10,12H2,1-2H3,(H2,25,29)(H2,26,30). The van der Waals surface area contributed by atoms with Crippen molar-refractivity contribution in [1.29, 1.82) is 0 Å². The van der Waals surface area contributed by atoms with Crippen LogP contribution in [-0.4, -0.2) is 37.5 Å². The highest BCUT2D eigenvalue weighted by Crippen LogP contribution is 2.48. The molecule has 7 nitrogen and oxygen atoms in total. The SMILES string of the molecule is CC(C)(C(N)=O)C(C(N)=O)(c1ccc(Cl)cc1)c1ccc(N2CCOCC2=O)cc1F. The van der Waals surface area contributed by atoms with E-state index in [0.29, 0.717) is 17.3 Å². The number of hydrogen-bond acceptors (Lipinski definition) is 4. The smallest absolute Gasteiger partial charge is 0.253 e. The second-order valence-corrected chi connectivity index (χ2v) is 8.31. The lowest BCUT2D eigenvalue weighted by Gasteiger charge is -2.43. The Balaban J connectivity index is 2.27. The third-order valence-corrected chi connectivity index (χ3v) is 6.11. The molecule has 1 fully saturated rings. The molecular formula is C22H23ClFN3O4. The summed E-state index contributed by atoms with van der Waals surface area (Å²) in [4.78, 5) is 39.0. The maximum atomic E-state index is 15.6. The van der Waals surface area contributed by atoms with Crippen LogP contribution < -0.4 is 16.4 Å². The molecule has 3 amide bonds. The Morgan fingerprint density at radius 3 is 2.26 bits per heavy atom. The van der Waals surface area contributed by atoms with E-state index in [9.17, 15) is 14.4 Å². The number of halogens is 2. The Bertz CT molecular complexity index is 1040. The van der Waals surface area contributed by atoms with Gasteiger partial charge in [0.1, 0.15) is 17.8 Å². The molecule has 2 aromatic rings. The number of rotatable bonds is 6. The number of carbonyl (C=O) groups excluding carboxylic acids is 3. The minimum Gasteiger partial charge on any atom is -0.370 e. The molecule has 0 saturated carbocycles. The van der Waals surface area contributed by atoms with Crippen LogP contribution in [0.4, 0.5) is 10.1 Å². The van der Waals surface area contributed by atoms with Crippen molar-refractivity contribution in [1.82, 2.24) is 0 Å². The highest BCUT2D eigenvalue weighted by molar-refractivity contribution is 6.30. The normalized spacial score (nSPS) is 16.6. The number of morpholine rings is 1. The molecule has 164 valence electrons. The maximum absolute atomic E-state index is 15.6. The van der Waals surface area contributed by atoms with Crippen LogP contribution in [0.2, 0.25) is 5.02 Å². The number of anilines is 1. The van der Waals surface area contributed by atoms with Crippen LogP contribution in [0.15, 0.2) is 42.5 Å². The van der Waals surface area contributed by atoms with Gasteiger partial charge in [0, 0.05) is 22.8 Å². The van der Waals surface area contributed by atoms with E-state index in [1.165, 1.54) is 55.1 Å². The fraction of sp³-hybridized carbons (Fsp3) is 0.318. The maximum Gasteiger partial charge on any atom is 0.253 e. The molecule has 1 unspecified atom stereocenters. The number of nitrogens with zero attached hydrogens (tertiary/aromatic N) is 1. The zero-order chi connectivity index (χ0) is 23.0. The number of primary amides is 2.